The van der Waals surface area contributed by atoms with Gasteiger partial charge in [-0.2, -0.15) is 0 Å². The summed E-state index contributed by atoms with van der Waals surface area (Å²) in [6.07, 6.45) is 6.55. The molecule has 0 aliphatic carbocycles. The maximum Gasteiger partial charge on any atom is 0.333 e. The molecule has 1 fully saturated rings. The lowest BCUT2D eigenvalue weighted by molar-refractivity contribution is -0.333. The Morgan fingerprint density at radius 3 is 2.30 bits per heavy atom. The number of rotatable bonds is 5. The average molecular weight is 605 g/mol. The molecule has 8 atom stereocenters. The van der Waals surface area contributed by atoms with Crippen LogP contribution in [0.3, 0.4) is 0 Å². The second kappa shape index (κ2) is 16.5. The van der Waals surface area contributed by atoms with E-state index in [0.717, 1.165) is 16.7 Å². The van der Waals surface area contributed by atoms with Crippen molar-refractivity contribution < 1.29 is 43.9 Å². The topological polar surface area (TPSA) is 132 Å². The summed E-state index contributed by atoms with van der Waals surface area (Å²) in [5.41, 5.74) is 1.87. The van der Waals surface area contributed by atoms with Gasteiger partial charge in [0.05, 0.1) is 12.2 Å². The molecule has 43 heavy (non-hydrogen) atoms. The van der Waals surface area contributed by atoms with Gasteiger partial charge in [0, 0.05) is 24.8 Å². The number of esters is 2. The number of hydrogen-bond donors (Lipinski definition) is 3. The molecule has 2 aliphatic rings. The van der Waals surface area contributed by atoms with Crippen LogP contribution in [0.15, 0.2) is 58.7 Å². The standard InChI is InChI=1S/C34H52O9/c1-10-25-19-22(5)27(36)15-13-12-14-21(4)32(39)41-26(11-2)17-16-20(3)18-23(6)30(25)42-33-29(38)28(37)31(40-24(7)35)34(8,9)43-33/h12-14,16,18-19,25-31,33,36-38H,10-11,15,17H2,1-9H3/b13-12+,20-16-,21-14+,22-19+,23-18+/t25?,26?,27?,28-,29+,30?,31-,33-/m1/s1. The molecule has 0 aromatic heterocycles. The largest absolute Gasteiger partial charge is 0.459 e. The average Bonchev–Trinajstić information content (AvgIpc) is 2.94. The number of carbonyl (C=O) groups excluding carboxylic acids is 2. The van der Waals surface area contributed by atoms with Crippen molar-refractivity contribution >= 4 is 11.9 Å². The van der Waals surface area contributed by atoms with Crippen LogP contribution in [0.5, 0.6) is 0 Å². The summed E-state index contributed by atoms with van der Waals surface area (Å²) in [6.45, 7) is 16.0. The summed E-state index contributed by atoms with van der Waals surface area (Å²) < 4.78 is 23.6. The molecule has 0 bridgehead atoms. The Labute approximate surface area is 256 Å². The van der Waals surface area contributed by atoms with E-state index in [4.69, 9.17) is 18.9 Å². The molecule has 0 spiro atoms. The van der Waals surface area contributed by atoms with Gasteiger partial charge < -0.3 is 34.3 Å². The minimum Gasteiger partial charge on any atom is -0.459 e. The molecule has 9 heteroatoms. The van der Waals surface area contributed by atoms with Gasteiger partial charge in [-0.05, 0) is 72.0 Å². The molecule has 0 aromatic carbocycles. The Morgan fingerprint density at radius 2 is 1.70 bits per heavy atom. The van der Waals surface area contributed by atoms with Crippen molar-refractivity contribution in [2.75, 3.05) is 0 Å². The Kier molecular flexibility index (Phi) is 14.1. The van der Waals surface area contributed by atoms with Crippen molar-refractivity contribution in [3.63, 3.8) is 0 Å². The van der Waals surface area contributed by atoms with Gasteiger partial charge in [-0.3, -0.25) is 4.79 Å². The number of aliphatic hydroxyl groups is 3. The van der Waals surface area contributed by atoms with E-state index in [1.54, 1.807) is 39.0 Å². The number of cyclic esters (lactones) is 1. The lowest BCUT2D eigenvalue weighted by Crippen LogP contribution is -2.64. The first-order valence-electron chi connectivity index (χ1n) is 15.2. The maximum atomic E-state index is 12.6. The second-order valence-electron chi connectivity index (χ2n) is 12.2. The highest BCUT2D eigenvalue weighted by molar-refractivity contribution is 5.88. The van der Waals surface area contributed by atoms with Crippen LogP contribution in [0.2, 0.25) is 0 Å². The normalized spacial score (nSPS) is 38.7. The summed E-state index contributed by atoms with van der Waals surface area (Å²) in [6, 6.07) is 0. The van der Waals surface area contributed by atoms with E-state index in [9.17, 15) is 24.9 Å². The molecular formula is C34H52O9. The van der Waals surface area contributed by atoms with Crippen molar-refractivity contribution in [2.45, 2.75) is 137 Å². The van der Waals surface area contributed by atoms with Gasteiger partial charge in [0.2, 0.25) is 0 Å². The predicted octanol–water partition coefficient (Wildman–Crippen LogP) is 5.00. The molecule has 3 N–H and O–H groups in total. The Hall–Kier alpha value is -2.56. The van der Waals surface area contributed by atoms with Crippen LogP contribution in [0.4, 0.5) is 0 Å². The highest BCUT2D eigenvalue weighted by atomic mass is 16.7. The summed E-state index contributed by atoms with van der Waals surface area (Å²) in [4.78, 5) is 24.3. The van der Waals surface area contributed by atoms with E-state index >= 15 is 0 Å². The number of hydrogen-bond acceptors (Lipinski definition) is 9. The maximum absolute atomic E-state index is 12.6. The fourth-order valence-corrected chi connectivity index (χ4v) is 5.28. The van der Waals surface area contributed by atoms with Gasteiger partial charge in [-0.15, -0.1) is 0 Å². The molecule has 242 valence electrons. The van der Waals surface area contributed by atoms with Crippen LogP contribution >= 0.6 is 0 Å². The van der Waals surface area contributed by atoms with Gasteiger partial charge in [0.15, 0.2) is 12.4 Å². The monoisotopic (exact) mass is 604 g/mol. The van der Waals surface area contributed by atoms with Crippen LogP contribution in [0.1, 0.15) is 88.0 Å². The molecule has 0 saturated carbocycles. The molecule has 9 nitrogen and oxygen atoms in total. The third kappa shape index (κ3) is 10.5. The van der Waals surface area contributed by atoms with Crippen LogP contribution in [0.25, 0.3) is 0 Å². The van der Waals surface area contributed by atoms with Gasteiger partial charge in [0.1, 0.15) is 23.9 Å². The van der Waals surface area contributed by atoms with Crippen LogP contribution in [-0.2, 0) is 28.5 Å². The van der Waals surface area contributed by atoms with Gasteiger partial charge in [0.25, 0.3) is 0 Å². The minimum absolute atomic E-state index is 0.213. The van der Waals surface area contributed by atoms with Crippen LogP contribution < -0.4 is 0 Å². The molecule has 1 saturated heterocycles. The van der Waals surface area contributed by atoms with Gasteiger partial charge in [-0.25, -0.2) is 4.79 Å². The summed E-state index contributed by atoms with van der Waals surface area (Å²) >= 11 is 0. The van der Waals surface area contributed by atoms with E-state index in [1.807, 2.05) is 52.8 Å². The first-order valence-corrected chi connectivity index (χ1v) is 15.2. The van der Waals surface area contributed by atoms with E-state index in [-0.39, 0.29) is 18.0 Å². The number of aliphatic hydroxyl groups excluding tert-OH is 3. The molecule has 2 rings (SSSR count). The van der Waals surface area contributed by atoms with Crippen LogP contribution in [-0.4, -0.2) is 75.8 Å². The van der Waals surface area contributed by atoms with Crippen molar-refractivity contribution in [1.82, 2.24) is 0 Å². The third-order valence-electron chi connectivity index (χ3n) is 7.98. The van der Waals surface area contributed by atoms with Crippen molar-refractivity contribution in [2.24, 2.45) is 5.92 Å². The molecule has 2 aliphatic heterocycles. The Balaban J connectivity index is 2.53. The smallest absolute Gasteiger partial charge is 0.333 e. The molecule has 0 amide bonds. The first kappa shape index (κ1) is 36.6. The van der Waals surface area contributed by atoms with Crippen molar-refractivity contribution in [3.8, 4) is 0 Å². The van der Waals surface area contributed by atoms with E-state index < -0.39 is 48.4 Å². The summed E-state index contributed by atoms with van der Waals surface area (Å²) in [7, 11) is 0. The molecule has 0 aromatic rings. The zero-order chi connectivity index (χ0) is 32.5. The van der Waals surface area contributed by atoms with E-state index in [1.165, 1.54) is 6.92 Å². The highest BCUT2D eigenvalue weighted by Crippen LogP contribution is 2.35. The van der Waals surface area contributed by atoms with Crippen molar-refractivity contribution in [3.05, 3.63) is 58.7 Å². The zero-order valence-corrected chi connectivity index (χ0v) is 27.2. The Morgan fingerprint density at radius 1 is 1.02 bits per heavy atom. The van der Waals surface area contributed by atoms with Gasteiger partial charge in [-0.1, -0.05) is 55.9 Å². The van der Waals surface area contributed by atoms with E-state index in [2.05, 4.69) is 0 Å². The number of ether oxygens (including phenoxy) is 4. The predicted molar refractivity (Wildman–Crippen MR) is 165 cm³/mol. The quantitative estimate of drug-likeness (QED) is 0.293. The second-order valence-corrected chi connectivity index (χ2v) is 12.2. The highest BCUT2D eigenvalue weighted by Gasteiger charge is 2.52. The lowest BCUT2D eigenvalue weighted by Gasteiger charge is -2.47. The number of allylic oxidation sites excluding steroid dienone is 4. The minimum atomic E-state index is -1.48. The fourth-order valence-electron chi connectivity index (χ4n) is 5.28. The molecule has 2 heterocycles. The zero-order valence-electron chi connectivity index (χ0n) is 27.2. The SMILES string of the molecule is CCC1C/C=C(C)\C=C(/C)C(O[C@@H]2OC(C)(C)[C@H](OC(C)=O)[C@H](O)[C@@H]2O)C(CC)/C=C(\C)C(O)C/C=C/C=C(\C)C(=O)O1. The van der Waals surface area contributed by atoms with Crippen LogP contribution in [0, 0.1) is 5.92 Å². The summed E-state index contributed by atoms with van der Waals surface area (Å²) in [5, 5.41) is 32.8. The fraction of sp³-hybridized carbons (Fsp3) is 0.647. The molecule has 4 unspecified atom stereocenters. The Bertz CT molecular complexity index is 1110. The third-order valence-corrected chi connectivity index (χ3v) is 7.98. The van der Waals surface area contributed by atoms with E-state index in [0.29, 0.717) is 31.3 Å². The summed E-state index contributed by atoms with van der Waals surface area (Å²) in [5.74, 6) is -1.18. The molecule has 0 radical (unpaired) electrons. The number of carbonyl (C=O) groups is 2. The molecular weight excluding hydrogens is 552 g/mol. The lowest BCUT2D eigenvalue weighted by atomic mass is 9.88. The van der Waals surface area contributed by atoms with Gasteiger partial charge >= 0.3 is 11.9 Å². The van der Waals surface area contributed by atoms with Crippen molar-refractivity contribution in [1.29, 1.82) is 0 Å². The first-order chi connectivity index (χ1) is 20.1.